The zero-order valence-corrected chi connectivity index (χ0v) is 14.6. The van der Waals surface area contributed by atoms with E-state index in [0.717, 1.165) is 18.8 Å². The molecule has 4 unspecified atom stereocenters. The van der Waals surface area contributed by atoms with Crippen LogP contribution in [0.4, 0.5) is 0 Å². The minimum Gasteiger partial charge on any atom is -0.316 e. The summed E-state index contributed by atoms with van der Waals surface area (Å²) >= 11 is 0. The molecule has 0 amide bonds. The maximum absolute atomic E-state index is 12.9. The van der Waals surface area contributed by atoms with Gasteiger partial charge in [0.25, 0.3) is 0 Å². The molecule has 0 radical (unpaired) electrons. The Morgan fingerprint density at radius 3 is 2.43 bits per heavy atom. The molecule has 1 fully saturated rings. The lowest BCUT2D eigenvalue weighted by atomic mass is 9.84. The number of rotatable bonds is 5. The second-order valence-electron chi connectivity index (χ2n) is 6.54. The van der Waals surface area contributed by atoms with Crippen molar-refractivity contribution in [3.05, 3.63) is 34.9 Å². The predicted molar refractivity (Wildman–Crippen MR) is 92.0 cm³/mol. The Kier molecular flexibility index (Phi) is 6.00. The highest BCUT2D eigenvalue weighted by Crippen LogP contribution is 2.31. The van der Waals surface area contributed by atoms with Crippen LogP contribution in [0.15, 0.2) is 18.2 Å². The van der Waals surface area contributed by atoms with Crippen LogP contribution in [-0.2, 0) is 16.6 Å². The third kappa shape index (κ3) is 4.40. The average molecular weight is 308 g/mol. The lowest BCUT2D eigenvalue weighted by Crippen LogP contribution is -2.45. The quantitative estimate of drug-likeness (QED) is 0.898. The molecule has 2 rings (SSSR count). The summed E-state index contributed by atoms with van der Waals surface area (Å²) in [6.45, 7) is 6.49. The van der Waals surface area contributed by atoms with E-state index >= 15 is 0 Å². The van der Waals surface area contributed by atoms with Crippen LogP contribution >= 0.6 is 0 Å². The molecule has 118 valence electrons. The first-order valence-corrected chi connectivity index (χ1v) is 9.53. The van der Waals surface area contributed by atoms with Gasteiger partial charge in [0, 0.05) is 22.6 Å². The standard InChI is InChI=1S/C18H29NOS/c1-5-15-6-7-17(19-4)18(11-15)21(20)12-16-9-13(2)8-14(3)10-16/h8-10,15,17-19H,5-7,11-12H2,1-4H3. The second kappa shape index (κ2) is 7.55. The fourth-order valence-corrected chi connectivity index (χ4v) is 5.46. The Morgan fingerprint density at radius 1 is 1.19 bits per heavy atom. The van der Waals surface area contributed by atoms with Crippen molar-refractivity contribution in [3.8, 4) is 0 Å². The number of hydrogen-bond donors (Lipinski definition) is 1. The number of benzene rings is 1. The minimum absolute atomic E-state index is 0.300. The molecule has 1 aromatic carbocycles. The van der Waals surface area contributed by atoms with E-state index in [2.05, 4.69) is 44.3 Å². The van der Waals surface area contributed by atoms with Crippen LogP contribution in [0, 0.1) is 19.8 Å². The van der Waals surface area contributed by atoms with E-state index in [0.29, 0.717) is 17.0 Å². The van der Waals surface area contributed by atoms with Crippen molar-refractivity contribution >= 4 is 10.8 Å². The van der Waals surface area contributed by atoms with Gasteiger partial charge in [-0.1, -0.05) is 42.7 Å². The summed E-state index contributed by atoms with van der Waals surface area (Å²) in [5.41, 5.74) is 3.75. The van der Waals surface area contributed by atoms with Crippen LogP contribution in [0.5, 0.6) is 0 Å². The lowest BCUT2D eigenvalue weighted by molar-refractivity contribution is 0.301. The molecule has 0 aliphatic heterocycles. The maximum atomic E-state index is 12.9. The Morgan fingerprint density at radius 2 is 1.86 bits per heavy atom. The largest absolute Gasteiger partial charge is 0.316 e. The summed E-state index contributed by atoms with van der Waals surface area (Å²) in [6.07, 6.45) is 4.77. The van der Waals surface area contributed by atoms with Gasteiger partial charge in [0.1, 0.15) is 0 Å². The minimum atomic E-state index is -0.789. The molecule has 0 bridgehead atoms. The fraction of sp³-hybridized carbons (Fsp3) is 0.667. The molecule has 21 heavy (non-hydrogen) atoms. The average Bonchev–Trinajstić information content (AvgIpc) is 2.45. The summed E-state index contributed by atoms with van der Waals surface area (Å²) in [5, 5.41) is 3.70. The van der Waals surface area contributed by atoms with Crippen molar-refractivity contribution < 1.29 is 4.21 Å². The van der Waals surface area contributed by atoms with Crippen molar-refractivity contribution in [3.63, 3.8) is 0 Å². The molecule has 1 N–H and O–H groups in total. The Balaban J connectivity index is 2.09. The van der Waals surface area contributed by atoms with Crippen molar-refractivity contribution in [2.75, 3.05) is 7.05 Å². The van der Waals surface area contributed by atoms with Crippen molar-refractivity contribution in [2.24, 2.45) is 5.92 Å². The highest BCUT2D eigenvalue weighted by molar-refractivity contribution is 7.84. The van der Waals surface area contributed by atoms with Crippen LogP contribution in [0.3, 0.4) is 0 Å². The van der Waals surface area contributed by atoms with Gasteiger partial charge in [-0.15, -0.1) is 0 Å². The fourth-order valence-electron chi connectivity index (χ4n) is 3.63. The molecule has 4 atom stereocenters. The van der Waals surface area contributed by atoms with Gasteiger partial charge in [0.05, 0.1) is 5.25 Å². The first kappa shape index (κ1) is 16.7. The van der Waals surface area contributed by atoms with E-state index in [1.54, 1.807) is 0 Å². The molecule has 3 heteroatoms. The van der Waals surface area contributed by atoms with Crippen molar-refractivity contribution in [1.82, 2.24) is 5.32 Å². The molecule has 1 saturated carbocycles. The summed E-state index contributed by atoms with van der Waals surface area (Å²) in [6, 6.07) is 6.95. The summed E-state index contributed by atoms with van der Waals surface area (Å²) in [5.74, 6) is 1.45. The molecular weight excluding hydrogens is 278 g/mol. The van der Waals surface area contributed by atoms with Crippen LogP contribution in [-0.4, -0.2) is 22.5 Å². The normalized spacial score (nSPS) is 27.5. The van der Waals surface area contributed by atoms with Gasteiger partial charge < -0.3 is 5.32 Å². The van der Waals surface area contributed by atoms with Gasteiger partial charge in [-0.2, -0.15) is 0 Å². The van der Waals surface area contributed by atoms with E-state index in [4.69, 9.17) is 0 Å². The van der Waals surface area contributed by atoms with E-state index in [-0.39, 0.29) is 0 Å². The molecule has 1 aliphatic rings. The molecule has 0 aromatic heterocycles. The molecular formula is C18H29NOS. The number of nitrogens with one attached hydrogen (secondary N) is 1. The van der Waals surface area contributed by atoms with Crippen molar-refractivity contribution in [1.29, 1.82) is 0 Å². The monoisotopic (exact) mass is 307 g/mol. The van der Waals surface area contributed by atoms with E-state index in [1.165, 1.54) is 29.5 Å². The van der Waals surface area contributed by atoms with Gasteiger partial charge in [-0.05, 0) is 51.6 Å². The molecule has 1 aliphatic carbocycles. The highest BCUT2D eigenvalue weighted by Gasteiger charge is 2.32. The molecule has 0 heterocycles. The predicted octanol–water partition coefficient (Wildman–Crippen LogP) is 3.72. The summed E-state index contributed by atoms with van der Waals surface area (Å²) in [4.78, 5) is 0. The van der Waals surface area contributed by atoms with Gasteiger partial charge in [-0.25, -0.2) is 0 Å². The molecule has 0 spiro atoms. The zero-order chi connectivity index (χ0) is 15.4. The van der Waals surface area contributed by atoms with Crippen molar-refractivity contribution in [2.45, 2.75) is 63.5 Å². The maximum Gasteiger partial charge on any atom is 0.0507 e. The summed E-state index contributed by atoms with van der Waals surface area (Å²) in [7, 11) is 1.22. The Hall–Kier alpha value is -0.670. The smallest absolute Gasteiger partial charge is 0.0507 e. The van der Waals surface area contributed by atoms with Gasteiger partial charge >= 0.3 is 0 Å². The topological polar surface area (TPSA) is 29.1 Å². The van der Waals surface area contributed by atoms with Crippen LogP contribution in [0.2, 0.25) is 0 Å². The molecule has 0 saturated heterocycles. The van der Waals surface area contributed by atoms with E-state index in [9.17, 15) is 4.21 Å². The van der Waals surface area contributed by atoms with Crippen LogP contribution < -0.4 is 5.32 Å². The van der Waals surface area contributed by atoms with Crippen LogP contribution in [0.25, 0.3) is 0 Å². The Labute approximate surface area is 132 Å². The van der Waals surface area contributed by atoms with Gasteiger partial charge in [0.2, 0.25) is 0 Å². The SMILES string of the molecule is CCC1CCC(NC)C(S(=O)Cc2cc(C)cc(C)c2)C1. The molecule has 1 aromatic rings. The number of hydrogen-bond acceptors (Lipinski definition) is 2. The third-order valence-electron chi connectivity index (χ3n) is 4.78. The van der Waals surface area contributed by atoms with E-state index in [1.807, 2.05) is 7.05 Å². The first-order chi connectivity index (χ1) is 10.0. The number of aryl methyl sites for hydroxylation is 2. The van der Waals surface area contributed by atoms with Crippen LogP contribution in [0.1, 0.15) is 49.3 Å². The van der Waals surface area contributed by atoms with E-state index < -0.39 is 10.8 Å². The highest BCUT2D eigenvalue weighted by atomic mass is 32.2. The lowest BCUT2D eigenvalue weighted by Gasteiger charge is -2.35. The first-order valence-electron chi connectivity index (χ1n) is 8.15. The Bertz CT molecular complexity index is 480. The third-order valence-corrected chi connectivity index (χ3v) is 6.59. The second-order valence-corrected chi connectivity index (χ2v) is 8.20. The summed E-state index contributed by atoms with van der Waals surface area (Å²) < 4.78 is 12.9. The van der Waals surface area contributed by atoms with Gasteiger partial charge in [-0.3, -0.25) is 4.21 Å². The molecule has 2 nitrogen and oxygen atoms in total. The van der Waals surface area contributed by atoms with Gasteiger partial charge in [0.15, 0.2) is 0 Å². The zero-order valence-electron chi connectivity index (χ0n) is 13.8.